The largest absolute Gasteiger partial charge is 0.494 e. The van der Waals surface area contributed by atoms with Gasteiger partial charge in [-0.15, -0.1) is 0 Å². The molecule has 0 amide bonds. The van der Waals surface area contributed by atoms with Gasteiger partial charge in [0.25, 0.3) is 0 Å². The highest BCUT2D eigenvalue weighted by Gasteiger charge is 2.13. The first kappa shape index (κ1) is 29.5. The molecular weight excluding hydrogens is 468 g/mol. The van der Waals surface area contributed by atoms with Gasteiger partial charge in [0, 0.05) is 6.42 Å². The van der Waals surface area contributed by atoms with E-state index < -0.39 is 0 Å². The van der Waals surface area contributed by atoms with E-state index in [0.29, 0.717) is 6.42 Å². The predicted molar refractivity (Wildman–Crippen MR) is 159 cm³/mol. The second kappa shape index (κ2) is 16.7. The van der Waals surface area contributed by atoms with Crippen LogP contribution in [0.25, 0.3) is 22.3 Å². The summed E-state index contributed by atoms with van der Waals surface area (Å²) in [5.74, 6) is 0.822. The van der Waals surface area contributed by atoms with Crippen molar-refractivity contribution >= 4 is 5.97 Å². The van der Waals surface area contributed by atoms with Gasteiger partial charge in [-0.3, -0.25) is 4.79 Å². The molecule has 1 atom stereocenters. The number of hydrogen-bond donors (Lipinski definition) is 0. The van der Waals surface area contributed by atoms with Gasteiger partial charge in [-0.1, -0.05) is 126 Å². The predicted octanol–water partition coefficient (Wildman–Crippen LogP) is 10.3. The van der Waals surface area contributed by atoms with E-state index in [0.717, 1.165) is 42.7 Å². The molecule has 3 rings (SSSR count). The first-order valence-electron chi connectivity index (χ1n) is 14.7. The molecule has 0 fully saturated rings. The maximum Gasteiger partial charge on any atom is 0.306 e. The molecule has 0 N–H and O–H groups in total. The fourth-order valence-electron chi connectivity index (χ4n) is 4.74. The van der Waals surface area contributed by atoms with Gasteiger partial charge in [0.15, 0.2) is 0 Å². The summed E-state index contributed by atoms with van der Waals surface area (Å²) < 4.78 is 11.7. The molecule has 3 aromatic rings. The van der Waals surface area contributed by atoms with Crippen molar-refractivity contribution in [2.75, 3.05) is 6.61 Å². The number of hydrogen-bond acceptors (Lipinski definition) is 3. The van der Waals surface area contributed by atoms with Crippen LogP contribution in [0.1, 0.15) is 103 Å². The molecule has 0 aliphatic rings. The highest BCUT2D eigenvalue weighted by Crippen LogP contribution is 2.33. The highest BCUT2D eigenvalue weighted by molar-refractivity contribution is 5.83. The second-order valence-electron chi connectivity index (χ2n) is 10.3. The summed E-state index contributed by atoms with van der Waals surface area (Å²) in [6.07, 6.45) is 12.1. The van der Waals surface area contributed by atoms with E-state index >= 15 is 0 Å². The Morgan fingerprint density at radius 1 is 0.658 bits per heavy atom. The number of carbonyl (C=O) groups excluding carboxylic acids is 1. The Kier molecular flexibility index (Phi) is 13.0. The third-order valence-electron chi connectivity index (χ3n) is 7.09. The molecule has 38 heavy (non-hydrogen) atoms. The van der Waals surface area contributed by atoms with Gasteiger partial charge in [0.2, 0.25) is 0 Å². The van der Waals surface area contributed by atoms with Gasteiger partial charge < -0.3 is 9.47 Å². The van der Waals surface area contributed by atoms with Crippen molar-refractivity contribution in [2.24, 2.45) is 0 Å². The van der Waals surface area contributed by atoms with Crippen molar-refractivity contribution in [1.82, 2.24) is 0 Å². The molecule has 0 heterocycles. The summed E-state index contributed by atoms with van der Waals surface area (Å²) in [4.78, 5) is 12.3. The van der Waals surface area contributed by atoms with Gasteiger partial charge in [-0.2, -0.15) is 0 Å². The van der Waals surface area contributed by atoms with Crippen molar-refractivity contribution in [3.63, 3.8) is 0 Å². The monoisotopic (exact) mass is 514 g/mol. The number of unbranched alkanes of at least 4 members (excludes halogenated alkanes) is 8. The van der Waals surface area contributed by atoms with Gasteiger partial charge in [0.05, 0.1) is 6.61 Å². The molecule has 3 aromatic carbocycles. The van der Waals surface area contributed by atoms with Crippen molar-refractivity contribution in [1.29, 1.82) is 0 Å². The maximum atomic E-state index is 12.3. The molecule has 3 heteroatoms. The van der Waals surface area contributed by atoms with Crippen LogP contribution in [-0.2, 0) is 9.53 Å². The number of carbonyl (C=O) groups is 1. The van der Waals surface area contributed by atoms with Crippen molar-refractivity contribution in [3.05, 3.63) is 78.4 Å². The van der Waals surface area contributed by atoms with E-state index in [1.807, 2.05) is 6.92 Å². The first-order chi connectivity index (χ1) is 18.6. The standard InChI is InChI=1S/C35H46O3/c1-4-6-8-10-12-18-35(36)38-28(3)29-19-21-30(22-20-29)33-16-13-14-17-34(33)31-23-25-32(26-24-31)37-27-15-11-9-7-5-2/h13-14,16-17,19-26,28H,4-12,15,18,27H2,1-3H3. The highest BCUT2D eigenvalue weighted by atomic mass is 16.5. The zero-order chi connectivity index (χ0) is 27.0. The Balaban J connectivity index is 1.58. The Labute approximate surface area is 230 Å². The minimum absolute atomic E-state index is 0.104. The zero-order valence-corrected chi connectivity index (χ0v) is 23.7. The maximum absolute atomic E-state index is 12.3. The molecule has 0 aliphatic carbocycles. The minimum atomic E-state index is -0.248. The number of ether oxygens (including phenoxy) is 2. The minimum Gasteiger partial charge on any atom is -0.494 e. The van der Waals surface area contributed by atoms with Crippen molar-refractivity contribution in [3.8, 4) is 28.0 Å². The average Bonchev–Trinajstić information content (AvgIpc) is 2.95. The van der Waals surface area contributed by atoms with Crippen LogP contribution < -0.4 is 4.74 Å². The molecule has 0 saturated carbocycles. The summed E-state index contributed by atoms with van der Waals surface area (Å²) in [6.45, 7) is 7.16. The summed E-state index contributed by atoms with van der Waals surface area (Å²) in [5.41, 5.74) is 5.70. The lowest BCUT2D eigenvalue weighted by atomic mass is 9.93. The van der Waals surface area contributed by atoms with Crippen LogP contribution in [0.3, 0.4) is 0 Å². The lowest BCUT2D eigenvalue weighted by Crippen LogP contribution is -2.08. The lowest BCUT2D eigenvalue weighted by Gasteiger charge is -2.15. The lowest BCUT2D eigenvalue weighted by molar-refractivity contribution is -0.148. The van der Waals surface area contributed by atoms with Crippen molar-refractivity contribution in [2.45, 2.75) is 97.5 Å². The summed E-state index contributed by atoms with van der Waals surface area (Å²) >= 11 is 0. The van der Waals surface area contributed by atoms with Crippen LogP contribution in [0.15, 0.2) is 72.8 Å². The van der Waals surface area contributed by atoms with Crippen LogP contribution in [0, 0.1) is 0 Å². The Bertz CT molecular complexity index is 1070. The smallest absolute Gasteiger partial charge is 0.306 e. The molecular formula is C35H46O3. The Hall–Kier alpha value is -3.07. The van der Waals surface area contributed by atoms with Crippen LogP contribution >= 0.6 is 0 Å². The molecule has 0 saturated heterocycles. The quantitative estimate of drug-likeness (QED) is 0.133. The van der Waals surface area contributed by atoms with Crippen LogP contribution in [-0.4, -0.2) is 12.6 Å². The number of esters is 1. The van der Waals surface area contributed by atoms with Crippen molar-refractivity contribution < 1.29 is 14.3 Å². The molecule has 3 nitrogen and oxygen atoms in total. The topological polar surface area (TPSA) is 35.5 Å². The van der Waals surface area contributed by atoms with E-state index in [4.69, 9.17) is 9.47 Å². The van der Waals surface area contributed by atoms with E-state index in [9.17, 15) is 4.79 Å². The van der Waals surface area contributed by atoms with E-state index in [1.165, 1.54) is 61.6 Å². The van der Waals surface area contributed by atoms with E-state index in [2.05, 4.69) is 86.6 Å². The Morgan fingerprint density at radius 2 is 1.18 bits per heavy atom. The second-order valence-corrected chi connectivity index (χ2v) is 10.3. The van der Waals surface area contributed by atoms with Gasteiger partial charge in [-0.05, 0) is 59.7 Å². The molecule has 0 aliphatic heterocycles. The SMILES string of the molecule is CCCCCCCOc1ccc(-c2ccccc2-c2ccc(C(C)OC(=O)CCCCCCC)cc2)cc1. The molecule has 0 aromatic heterocycles. The normalized spacial score (nSPS) is 11.8. The molecule has 0 radical (unpaired) electrons. The van der Waals surface area contributed by atoms with Crippen LogP contribution in [0.4, 0.5) is 0 Å². The first-order valence-corrected chi connectivity index (χ1v) is 14.7. The number of rotatable bonds is 17. The van der Waals surface area contributed by atoms with E-state index in [-0.39, 0.29) is 12.1 Å². The van der Waals surface area contributed by atoms with E-state index in [1.54, 1.807) is 0 Å². The summed E-state index contributed by atoms with van der Waals surface area (Å²) in [5, 5.41) is 0. The van der Waals surface area contributed by atoms with Crippen LogP contribution in [0.2, 0.25) is 0 Å². The van der Waals surface area contributed by atoms with Gasteiger partial charge >= 0.3 is 5.97 Å². The fourth-order valence-corrected chi connectivity index (χ4v) is 4.74. The molecule has 0 bridgehead atoms. The summed E-state index contributed by atoms with van der Waals surface area (Å²) in [7, 11) is 0. The third-order valence-corrected chi connectivity index (χ3v) is 7.09. The number of benzene rings is 3. The van der Waals surface area contributed by atoms with Crippen LogP contribution in [0.5, 0.6) is 5.75 Å². The fraction of sp³-hybridized carbons (Fsp3) is 0.457. The Morgan fingerprint density at radius 3 is 1.76 bits per heavy atom. The third kappa shape index (κ3) is 9.67. The average molecular weight is 515 g/mol. The summed E-state index contributed by atoms with van der Waals surface area (Å²) in [6, 6.07) is 25.3. The molecule has 0 spiro atoms. The molecule has 1 unspecified atom stereocenters. The van der Waals surface area contributed by atoms with Gasteiger partial charge in [0.1, 0.15) is 11.9 Å². The van der Waals surface area contributed by atoms with Gasteiger partial charge in [-0.25, -0.2) is 0 Å². The zero-order valence-electron chi connectivity index (χ0n) is 23.7. The molecule has 204 valence electrons.